The Kier molecular flexibility index (Phi) is 1.86. The number of hydrogen-bond acceptors (Lipinski definition) is 3. The van der Waals surface area contributed by atoms with Gasteiger partial charge in [0.15, 0.2) is 0 Å². The van der Waals surface area contributed by atoms with E-state index in [2.05, 4.69) is 0 Å². The van der Waals surface area contributed by atoms with Crippen LogP contribution in [0, 0.1) is 0 Å². The van der Waals surface area contributed by atoms with Gasteiger partial charge in [-0.25, -0.2) is 0 Å². The second-order valence-electron chi connectivity index (χ2n) is 2.30. The Bertz CT molecular complexity index is 204. The summed E-state index contributed by atoms with van der Waals surface area (Å²) in [7, 11) is -2.53. The summed E-state index contributed by atoms with van der Waals surface area (Å²) < 4.78 is 0. The van der Waals surface area contributed by atoms with Crippen molar-refractivity contribution in [3.8, 4) is 0 Å². The minimum atomic E-state index is -2.53. The molecule has 0 aliphatic rings. The summed E-state index contributed by atoms with van der Waals surface area (Å²) in [6.07, 6.45) is 0. The van der Waals surface area contributed by atoms with Gasteiger partial charge in [-0.2, -0.15) is 0 Å². The summed E-state index contributed by atoms with van der Waals surface area (Å²) in [6, 6.07) is 9.37. The highest BCUT2D eigenvalue weighted by Gasteiger charge is 2.19. The summed E-state index contributed by atoms with van der Waals surface area (Å²) in [4.78, 5) is 0. The van der Waals surface area contributed by atoms with Crippen molar-refractivity contribution in [3.63, 3.8) is 0 Å². The van der Waals surface area contributed by atoms with Gasteiger partial charge in [0.1, 0.15) is 0 Å². The minimum Gasteiger partial charge on any atom is -0.323 e. The molecule has 0 saturated heterocycles. The van der Waals surface area contributed by atoms with Crippen LogP contribution in [-0.2, 0) is 0 Å². The molecular weight excluding hydrogens is 142 g/mol. The third-order valence-corrected chi connectivity index (χ3v) is 2.61. The highest BCUT2D eigenvalue weighted by Crippen LogP contribution is 1.83. The number of rotatable bonds is 1. The van der Waals surface area contributed by atoms with Gasteiger partial charge in [0.25, 0.3) is 0 Å². The maximum Gasteiger partial charge on any atom is 0.307 e. The monoisotopic (exact) mass is 153 g/mol. The van der Waals surface area contributed by atoms with Crippen LogP contribution >= 0.6 is 0 Å². The topological polar surface area (TPSA) is 78.1 Å². The summed E-state index contributed by atoms with van der Waals surface area (Å²) in [5.41, 5.74) is 0. The van der Waals surface area contributed by atoms with E-state index in [0.29, 0.717) is 0 Å². The molecule has 0 aliphatic heterocycles. The van der Waals surface area contributed by atoms with E-state index < -0.39 is 8.56 Å². The van der Waals surface area contributed by atoms with Gasteiger partial charge in [0.05, 0.1) is 0 Å². The maximum absolute atomic E-state index is 5.55. The quantitative estimate of drug-likeness (QED) is 0.439. The van der Waals surface area contributed by atoms with E-state index in [-0.39, 0.29) is 0 Å². The van der Waals surface area contributed by atoms with E-state index in [9.17, 15) is 0 Å². The van der Waals surface area contributed by atoms with Crippen molar-refractivity contribution in [1.29, 1.82) is 0 Å². The Morgan fingerprint density at radius 3 is 1.70 bits per heavy atom. The highest BCUT2D eigenvalue weighted by atomic mass is 28.4. The Morgan fingerprint density at radius 2 is 1.40 bits per heavy atom. The van der Waals surface area contributed by atoms with Crippen molar-refractivity contribution in [3.05, 3.63) is 30.3 Å². The van der Waals surface area contributed by atoms with E-state index in [1.807, 2.05) is 30.3 Å². The second-order valence-corrected chi connectivity index (χ2v) is 4.74. The Hall–Kier alpha value is -0.683. The van der Waals surface area contributed by atoms with Gasteiger partial charge in [-0.05, 0) is 5.19 Å². The van der Waals surface area contributed by atoms with Gasteiger partial charge in [0, 0.05) is 0 Å². The van der Waals surface area contributed by atoms with Crippen LogP contribution in [0.25, 0.3) is 0 Å². The lowest BCUT2D eigenvalue weighted by Crippen LogP contribution is -2.73. The summed E-state index contributed by atoms with van der Waals surface area (Å²) in [5, 5.41) is 17.5. The van der Waals surface area contributed by atoms with E-state index in [1.165, 1.54) is 0 Å². The zero-order valence-electron chi connectivity index (χ0n) is 5.62. The van der Waals surface area contributed by atoms with Crippen LogP contribution < -0.4 is 21.4 Å². The molecule has 4 heteroatoms. The summed E-state index contributed by atoms with van der Waals surface area (Å²) >= 11 is 0. The number of nitrogens with two attached hydrogens (primary N) is 3. The first kappa shape index (κ1) is 7.42. The lowest BCUT2D eigenvalue weighted by atomic mass is 10.4. The molecule has 0 amide bonds. The first-order valence-electron chi connectivity index (χ1n) is 3.03. The van der Waals surface area contributed by atoms with Crippen LogP contribution in [0.1, 0.15) is 0 Å². The van der Waals surface area contributed by atoms with Crippen molar-refractivity contribution in [2.75, 3.05) is 0 Å². The van der Waals surface area contributed by atoms with Crippen molar-refractivity contribution in [1.82, 2.24) is 0 Å². The fraction of sp³-hybridized carbons (Fsp3) is 0. The normalized spacial score (nSPS) is 11.5. The molecular formula is C6H11N3Si. The van der Waals surface area contributed by atoms with E-state index in [1.54, 1.807) is 0 Å². The predicted molar refractivity (Wildman–Crippen MR) is 44.4 cm³/mol. The third-order valence-electron chi connectivity index (χ3n) is 1.27. The fourth-order valence-electron chi connectivity index (χ4n) is 0.727. The van der Waals surface area contributed by atoms with Crippen molar-refractivity contribution < 1.29 is 0 Å². The van der Waals surface area contributed by atoms with Gasteiger partial charge in [-0.15, -0.1) is 0 Å². The van der Waals surface area contributed by atoms with Crippen LogP contribution in [-0.4, -0.2) is 8.56 Å². The second kappa shape index (κ2) is 2.51. The van der Waals surface area contributed by atoms with Gasteiger partial charge in [-0.1, -0.05) is 30.3 Å². The third kappa shape index (κ3) is 1.65. The van der Waals surface area contributed by atoms with E-state index in [4.69, 9.17) is 16.2 Å². The molecule has 1 rings (SSSR count). The number of benzene rings is 1. The predicted octanol–water partition coefficient (Wildman–Crippen LogP) is -1.29. The maximum atomic E-state index is 5.55. The zero-order chi connectivity index (χ0) is 7.61. The Morgan fingerprint density at radius 1 is 0.900 bits per heavy atom. The standard InChI is InChI=1S/C6H11N3Si/c7-10(8,9)6-4-2-1-3-5-6/h1-5H,7-9H2. The van der Waals surface area contributed by atoms with E-state index in [0.717, 1.165) is 5.19 Å². The molecule has 0 spiro atoms. The first-order chi connectivity index (χ1) is 4.61. The average Bonchev–Trinajstić information content (AvgIpc) is 1.88. The molecule has 0 atom stereocenters. The molecule has 6 N–H and O–H groups in total. The van der Waals surface area contributed by atoms with Gasteiger partial charge in [0.2, 0.25) is 0 Å². The molecule has 10 heavy (non-hydrogen) atoms. The average molecular weight is 153 g/mol. The summed E-state index contributed by atoms with van der Waals surface area (Å²) in [5.74, 6) is 0. The molecule has 0 aliphatic carbocycles. The van der Waals surface area contributed by atoms with E-state index >= 15 is 0 Å². The minimum absolute atomic E-state index is 0.870. The largest absolute Gasteiger partial charge is 0.323 e. The molecule has 0 radical (unpaired) electrons. The van der Waals surface area contributed by atoms with Crippen molar-refractivity contribution in [2.45, 2.75) is 0 Å². The van der Waals surface area contributed by atoms with Crippen LogP contribution in [0.4, 0.5) is 0 Å². The summed E-state index contributed by atoms with van der Waals surface area (Å²) in [6.45, 7) is 0. The molecule has 1 aromatic rings. The Labute approximate surface area is 61.1 Å². The van der Waals surface area contributed by atoms with Gasteiger partial charge in [-0.3, -0.25) is 0 Å². The smallest absolute Gasteiger partial charge is 0.307 e. The molecule has 0 fully saturated rings. The van der Waals surface area contributed by atoms with Gasteiger partial charge >= 0.3 is 8.56 Å². The van der Waals surface area contributed by atoms with Crippen LogP contribution in [0.5, 0.6) is 0 Å². The lowest BCUT2D eigenvalue weighted by Gasteiger charge is -2.13. The Balaban J connectivity index is 2.97. The van der Waals surface area contributed by atoms with Crippen LogP contribution in [0.3, 0.4) is 0 Å². The van der Waals surface area contributed by atoms with Gasteiger partial charge < -0.3 is 16.2 Å². The zero-order valence-corrected chi connectivity index (χ0v) is 6.62. The first-order valence-corrected chi connectivity index (χ1v) is 5.26. The lowest BCUT2D eigenvalue weighted by molar-refractivity contribution is 1.45. The van der Waals surface area contributed by atoms with Crippen LogP contribution in [0.2, 0.25) is 0 Å². The molecule has 0 aromatic heterocycles. The molecule has 0 bridgehead atoms. The van der Waals surface area contributed by atoms with Crippen molar-refractivity contribution in [2.24, 2.45) is 16.2 Å². The fourth-order valence-corrected chi connectivity index (χ4v) is 1.50. The molecule has 0 heterocycles. The molecule has 3 nitrogen and oxygen atoms in total. The number of hydrogen-bond donors (Lipinski definition) is 3. The van der Waals surface area contributed by atoms with Crippen molar-refractivity contribution >= 4 is 13.7 Å². The molecule has 1 aromatic carbocycles. The molecule has 0 unspecified atom stereocenters. The molecule has 0 saturated carbocycles. The SMILES string of the molecule is N[Si](N)(N)c1ccccc1. The highest BCUT2D eigenvalue weighted by molar-refractivity contribution is 6.83. The molecule has 54 valence electrons. The van der Waals surface area contributed by atoms with Crippen LogP contribution in [0.15, 0.2) is 30.3 Å².